The Morgan fingerprint density at radius 3 is 2.48 bits per heavy atom. The number of hydrogen-bond donors (Lipinski definition) is 0. The number of nitrogens with zero attached hydrogens (tertiary/aromatic N) is 3. The SMILES string of the molecule is CCN(CC)S(=O)(=O)c1ccc(=O)n(Cc2csc(-c3cccc(OC)c3OC)n2)c1. The average Bonchev–Trinajstić information content (AvgIpc) is 3.23. The van der Waals surface area contributed by atoms with Gasteiger partial charge in [0.05, 0.1) is 36.9 Å². The summed E-state index contributed by atoms with van der Waals surface area (Å²) in [5.74, 6) is 1.18. The van der Waals surface area contributed by atoms with Crippen LogP contribution in [0.4, 0.5) is 0 Å². The van der Waals surface area contributed by atoms with Crippen LogP contribution in [-0.4, -0.2) is 49.6 Å². The summed E-state index contributed by atoms with van der Waals surface area (Å²) in [6, 6.07) is 8.16. The number of para-hydroxylation sites is 1. The molecule has 0 spiro atoms. The predicted molar refractivity (Wildman–Crippen MR) is 121 cm³/mol. The molecule has 0 unspecified atom stereocenters. The van der Waals surface area contributed by atoms with Gasteiger partial charge in [0, 0.05) is 30.7 Å². The standard InChI is InChI=1S/C21H25N3O5S2/c1-5-24(6-2)31(26,27)16-10-11-19(25)23(13-16)12-15-14-30-21(22-15)17-8-7-9-18(28-3)20(17)29-4/h7-11,13-14H,5-6,12H2,1-4H3. The van der Waals surface area contributed by atoms with Crippen LogP contribution in [0.15, 0.2) is 51.6 Å². The quantitative estimate of drug-likeness (QED) is 0.484. The molecular formula is C21H25N3O5S2. The van der Waals surface area contributed by atoms with Gasteiger partial charge in [0.1, 0.15) is 5.01 Å². The van der Waals surface area contributed by atoms with E-state index < -0.39 is 10.0 Å². The lowest BCUT2D eigenvalue weighted by molar-refractivity contribution is 0.356. The molecule has 0 radical (unpaired) electrons. The summed E-state index contributed by atoms with van der Waals surface area (Å²) in [4.78, 5) is 17.1. The molecule has 10 heteroatoms. The van der Waals surface area contributed by atoms with E-state index in [1.807, 2.05) is 17.5 Å². The molecule has 0 aliphatic rings. The van der Waals surface area contributed by atoms with Gasteiger partial charge in [-0.2, -0.15) is 4.31 Å². The molecule has 3 rings (SSSR count). The summed E-state index contributed by atoms with van der Waals surface area (Å²) >= 11 is 1.41. The molecule has 0 saturated carbocycles. The Morgan fingerprint density at radius 1 is 1.10 bits per heavy atom. The van der Waals surface area contributed by atoms with Gasteiger partial charge in [-0.05, 0) is 18.2 Å². The lowest BCUT2D eigenvalue weighted by Crippen LogP contribution is -2.32. The Hall–Kier alpha value is -2.69. The number of rotatable bonds is 9. The van der Waals surface area contributed by atoms with Crippen LogP contribution in [0.2, 0.25) is 0 Å². The maximum absolute atomic E-state index is 12.8. The number of methoxy groups -OCH3 is 2. The van der Waals surface area contributed by atoms with Crippen molar-refractivity contribution in [1.29, 1.82) is 0 Å². The van der Waals surface area contributed by atoms with Crippen molar-refractivity contribution >= 4 is 21.4 Å². The third-order valence-electron chi connectivity index (χ3n) is 4.82. The fourth-order valence-corrected chi connectivity index (χ4v) is 5.54. The second-order valence-electron chi connectivity index (χ2n) is 6.61. The molecule has 0 saturated heterocycles. The number of sulfonamides is 1. The molecule has 0 bridgehead atoms. The molecule has 1 aromatic carbocycles. The van der Waals surface area contributed by atoms with E-state index in [-0.39, 0.29) is 17.0 Å². The van der Waals surface area contributed by atoms with Crippen molar-refractivity contribution in [2.45, 2.75) is 25.3 Å². The Kier molecular flexibility index (Phi) is 7.14. The molecule has 0 fully saturated rings. The van der Waals surface area contributed by atoms with Crippen molar-refractivity contribution in [3.8, 4) is 22.1 Å². The highest BCUT2D eigenvalue weighted by Gasteiger charge is 2.22. The minimum Gasteiger partial charge on any atom is -0.493 e. The Morgan fingerprint density at radius 2 is 1.84 bits per heavy atom. The van der Waals surface area contributed by atoms with Gasteiger partial charge in [-0.15, -0.1) is 11.3 Å². The first-order valence-electron chi connectivity index (χ1n) is 9.72. The molecule has 2 heterocycles. The summed E-state index contributed by atoms with van der Waals surface area (Å²) in [7, 11) is -0.525. The average molecular weight is 464 g/mol. The van der Waals surface area contributed by atoms with Crippen LogP contribution in [0.25, 0.3) is 10.6 Å². The summed E-state index contributed by atoms with van der Waals surface area (Å²) in [5, 5.41) is 2.55. The minimum atomic E-state index is -3.66. The molecule has 3 aromatic rings. The van der Waals surface area contributed by atoms with Crippen LogP contribution in [0, 0.1) is 0 Å². The number of pyridine rings is 1. The first-order valence-corrected chi connectivity index (χ1v) is 12.0. The van der Waals surface area contributed by atoms with Gasteiger partial charge in [-0.1, -0.05) is 19.9 Å². The molecule has 166 valence electrons. The number of aromatic nitrogens is 2. The Labute approximate surface area is 185 Å². The molecular weight excluding hydrogens is 438 g/mol. The molecule has 0 N–H and O–H groups in total. The third-order valence-corrected chi connectivity index (χ3v) is 7.77. The monoisotopic (exact) mass is 463 g/mol. The zero-order valence-electron chi connectivity index (χ0n) is 17.9. The number of ether oxygens (including phenoxy) is 2. The van der Waals surface area contributed by atoms with Gasteiger partial charge in [0.25, 0.3) is 5.56 Å². The highest BCUT2D eigenvalue weighted by molar-refractivity contribution is 7.89. The fraction of sp³-hybridized carbons (Fsp3) is 0.333. The van der Waals surface area contributed by atoms with E-state index in [4.69, 9.17) is 9.47 Å². The summed E-state index contributed by atoms with van der Waals surface area (Å²) in [5.41, 5.74) is 1.12. The van der Waals surface area contributed by atoms with E-state index in [1.54, 1.807) is 34.1 Å². The number of thiazole rings is 1. The van der Waals surface area contributed by atoms with Gasteiger partial charge >= 0.3 is 0 Å². The first-order chi connectivity index (χ1) is 14.8. The third kappa shape index (κ3) is 4.65. The van der Waals surface area contributed by atoms with E-state index >= 15 is 0 Å². The summed E-state index contributed by atoms with van der Waals surface area (Å²) in [6.07, 6.45) is 1.38. The predicted octanol–water partition coefficient (Wildman–Crippen LogP) is 3.07. The lowest BCUT2D eigenvalue weighted by Gasteiger charge is -2.18. The van der Waals surface area contributed by atoms with Gasteiger partial charge in [-0.25, -0.2) is 13.4 Å². The van der Waals surface area contributed by atoms with E-state index in [0.29, 0.717) is 35.3 Å². The van der Waals surface area contributed by atoms with Crippen molar-refractivity contribution in [3.05, 3.63) is 58.0 Å². The number of benzene rings is 1. The van der Waals surface area contributed by atoms with Gasteiger partial charge in [0.15, 0.2) is 11.5 Å². The van der Waals surface area contributed by atoms with Crippen molar-refractivity contribution in [2.24, 2.45) is 0 Å². The highest BCUT2D eigenvalue weighted by atomic mass is 32.2. The lowest BCUT2D eigenvalue weighted by atomic mass is 10.2. The van der Waals surface area contributed by atoms with Crippen LogP contribution in [-0.2, 0) is 16.6 Å². The largest absolute Gasteiger partial charge is 0.493 e. The van der Waals surface area contributed by atoms with Crippen LogP contribution >= 0.6 is 11.3 Å². The van der Waals surface area contributed by atoms with Crippen molar-refractivity contribution in [2.75, 3.05) is 27.3 Å². The van der Waals surface area contributed by atoms with Crippen molar-refractivity contribution in [1.82, 2.24) is 13.9 Å². The molecule has 31 heavy (non-hydrogen) atoms. The van der Waals surface area contributed by atoms with E-state index in [1.165, 1.54) is 38.5 Å². The highest BCUT2D eigenvalue weighted by Crippen LogP contribution is 2.39. The molecule has 0 atom stereocenters. The normalized spacial score (nSPS) is 11.6. The molecule has 2 aromatic heterocycles. The zero-order valence-corrected chi connectivity index (χ0v) is 19.5. The van der Waals surface area contributed by atoms with Crippen molar-refractivity contribution < 1.29 is 17.9 Å². The van der Waals surface area contributed by atoms with Gasteiger partial charge in [-0.3, -0.25) is 4.79 Å². The van der Waals surface area contributed by atoms with E-state index in [9.17, 15) is 13.2 Å². The first kappa shape index (κ1) is 23.0. The van der Waals surface area contributed by atoms with Gasteiger partial charge < -0.3 is 14.0 Å². The van der Waals surface area contributed by atoms with Crippen LogP contribution < -0.4 is 15.0 Å². The van der Waals surface area contributed by atoms with E-state index in [2.05, 4.69) is 4.98 Å². The molecule has 0 aliphatic heterocycles. The van der Waals surface area contributed by atoms with Crippen LogP contribution in [0.5, 0.6) is 11.5 Å². The maximum atomic E-state index is 12.8. The second-order valence-corrected chi connectivity index (χ2v) is 9.40. The van der Waals surface area contributed by atoms with Crippen LogP contribution in [0.3, 0.4) is 0 Å². The molecule has 8 nitrogen and oxygen atoms in total. The Balaban J connectivity index is 1.94. The molecule has 0 amide bonds. The van der Waals surface area contributed by atoms with Crippen molar-refractivity contribution in [3.63, 3.8) is 0 Å². The minimum absolute atomic E-state index is 0.0840. The summed E-state index contributed by atoms with van der Waals surface area (Å²) < 4.78 is 39.1. The maximum Gasteiger partial charge on any atom is 0.250 e. The number of hydrogen-bond acceptors (Lipinski definition) is 7. The van der Waals surface area contributed by atoms with E-state index in [0.717, 1.165) is 5.56 Å². The second kappa shape index (κ2) is 9.63. The zero-order chi connectivity index (χ0) is 22.6. The summed E-state index contributed by atoms with van der Waals surface area (Å²) in [6.45, 7) is 4.43. The Bertz CT molecular complexity index is 1210. The van der Waals surface area contributed by atoms with Crippen LogP contribution in [0.1, 0.15) is 19.5 Å². The molecule has 0 aliphatic carbocycles. The topological polar surface area (TPSA) is 90.7 Å². The fourth-order valence-electron chi connectivity index (χ4n) is 3.23. The smallest absolute Gasteiger partial charge is 0.250 e. The van der Waals surface area contributed by atoms with Gasteiger partial charge in [0.2, 0.25) is 10.0 Å².